The van der Waals surface area contributed by atoms with Crippen molar-refractivity contribution in [3.05, 3.63) is 87.3 Å². The highest BCUT2D eigenvalue weighted by Gasteiger charge is 2.19. The summed E-state index contributed by atoms with van der Waals surface area (Å²) < 4.78 is 28.5. The average molecular weight is 596 g/mol. The van der Waals surface area contributed by atoms with Crippen molar-refractivity contribution in [2.24, 2.45) is 5.29 Å². The number of fused-ring (bicyclic) bond motifs is 4. The summed E-state index contributed by atoms with van der Waals surface area (Å²) in [5, 5.41) is 22.7. The summed E-state index contributed by atoms with van der Waals surface area (Å²) in [6.45, 7) is 0. The van der Waals surface area contributed by atoms with Crippen LogP contribution in [0.25, 0.3) is 22.1 Å². The van der Waals surface area contributed by atoms with Crippen molar-refractivity contribution < 1.29 is 8.78 Å². The van der Waals surface area contributed by atoms with Crippen LogP contribution >= 0.6 is 0 Å². The van der Waals surface area contributed by atoms with E-state index in [1.54, 1.807) is 0 Å². The number of benzene rings is 2. The molecule has 0 spiro atoms. The molecule has 222 valence electrons. The number of nitrogens with zero attached hydrogens (tertiary/aromatic N) is 5. The molecule has 7 N–H and O–H groups in total. The van der Waals surface area contributed by atoms with Gasteiger partial charge in [-0.15, -0.1) is 4.91 Å². The molecule has 2 aromatic carbocycles. The van der Waals surface area contributed by atoms with Gasteiger partial charge in [-0.05, 0) is 85.0 Å². The molecule has 0 fully saturated rings. The van der Waals surface area contributed by atoms with Gasteiger partial charge in [0.25, 0.3) is 0 Å². The molecule has 0 bridgehead atoms. The van der Waals surface area contributed by atoms with Crippen LogP contribution < -0.4 is 21.8 Å². The van der Waals surface area contributed by atoms with E-state index in [0.717, 1.165) is 49.9 Å². The number of nitrogen functional groups attached to an aromatic ring is 1. The van der Waals surface area contributed by atoms with Crippen molar-refractivity contribution in [1.82, 2.24) is 30.4 Å². The lowest BCUT2D eigenvalue weighted by Crippen LogP contribution is -2.00. The van der Waals surface area contributed by atoms with Gasteiger partial charge in [-0.3, -0.25) is 10.2 Å². The van der Waals surface area contributed by atoms with E-state index in [1.165, 1.54) is 34.4 Å². The predicted octanol–water partition coefficient (Wildman–Crippen LogP) is 6.33. The summed E-state index contributed by atoms with van der Waals surface area (Å²) in [7, 11) is 0. The summed E-state index contributed by atoms with van der Waals surface area (Å²) >= 11 is 0. The molecular weight excluding hydrogens is 568 g/mol. The Balaban J connectivity index is 0.000000143. The summed E-state index contributed by atoms with van der Waals surface area (Å²) in [5.74, 6) is -0.143. The first-order valence-electron chi connectivity index (χ1n) is 14.2. The van der Waals surface area contributed by atoms with Crippen molar-refractivity contribution in [3.63, 3.8) is 0 Å². The molecule has 0 aliphatic heterocycles. The molecule has 14 heteroatoms. The second-order valence-corrected chi connectivity index (χ2v) is 10.7. The summed E-state index contributed by atoms with van der Waals surface area (Å²) in [4.78, 5) is 18.7. The topological polar surface area (TPSA) is 175 Å². The molecule has 2 aliphatic carbocycles. The Hall–Kier alpha value is -5.66. The molecule has 0 saturated heterocycles. The predicted molar refractivity (Wildman–Crippen MR) is 165 cm³/mol. The van der Waals surface area contributed by atoms with Gasteiger partial charge in [-0.1, -0.05) is 24.3 Å². The summed E-state index contributed by atoms with van der Waals surface area (Å²) in [6.07, 6.45) is 6.36. The van der Waals surface area contributed by atoms with Crippen LogP contribution in [0.3, 0.4) is 0 Å². The van der Waals surface area contributed by atoms with Crippen LogP contribution in [-0.2, 0) is 25.7 Å². The average Bonchev–Trinajstić information content (AvgIpc) is 3.83. The van der Waals surface area contributed by atoms with Crippen LogP contribution in [0.5, 0.6) is 0 Å². The molecule has 0 saturated carbocycles. The highest BCUT2D eigenvalue weighted by atomic mass is 19.1. The van der Waals surface area contributed by atoms with Gasteiger partial charge in [0.1, 0.15) is 5.82 Å². The second-order valence-electron chi connectivity index (χ2n) is 10.7. The smallest absolute Gasteiger partial charge is 0.185 e. The van der Waals surface area contributed by atoms with Crippen LogP contribution in [0.1, 0.15) is 35.1 Å². The molecule has 8 rings (SSSR count). The van der Waals surface area contributed by atoms with Crippen molar-refractivity contribution >= 4 is 56.7 Å². The van der Waals surface area contributed by atoms with Gasteiger partial charge in [0.15, 0.2) is 40.4 Å². The van der Waals surface area contributed by atoms with Crippen LogP contribution in [0, 0.1) is 16.5 Å². The number of nitrogens with one attached hydrogen (secondary N) is 5. The van der Waals surface area contributed by atoms with Gasteiger partial charge in [0.05, 0.1) is 16.1 Å². The Morgan fingerprint density at radius 2 is 1.30 bits per heavy atom. The Kier molecular flexibility index (Phi) is 6.92. The van der Waals surface area contributed by atoms with E-state index in [0.29, 0.717) is 27.9 Å². The zero-order chi connectivity index (χ0) is 30.2. The van der Waals surface area contributed by atoms with E-state index in [4.69, 9.17) is 5.73 Å². The van der Waals surface area contributed by atoms with E-state index < -0.39 is 11.6 Å². The van der Waals surface area contributed by atoms with Gasteiger partial charge < -0.3 is 16.4 Å². The minimum Gasteiger partial charge on any atom is -0.384 e. The number of aryl methyl sites for hydroxylation is 2. The number of hydrogen-bond donors (Lipinski definition) is 6. The van der Waals surface area contributed by atoms with Gasteiger partial charge in [-0.25, -0.2) is 24.2 Å². The molecule has 0 atom stereocenters. The number of aromatic nitrogens is 6. The Morgan fingerprint density at radius 3 is 1.89 bits per heavy atom. The fourth-order valence-corrected chi connectivity index (χ4v) is 5.89. The molecule has 0 radical (unpaired) electrons. The quantitative estimate of drug-likeness (QED) is 0.0949. The van der Waals surface area contributed by atoms with Gasteiger partial charge in [0, 0.05) is 11.4 Å². The number of pyridine rings is 2. The molecule has 12 nitrogen and oxygen atoms in total. The number of aromatic amines is 2. The first kappa shape index (κ1) is 27.2. The molecule has 6 aromatic rings. The van der Waals surface area contributed by atoms with Crippen LogP contribution in [0.15, 0.2) is 53.8 Å². The number of nitroso groups, excluding NO2 is 1. The van der Waals surface area contributed by atoms with E-state index in [-0.39, 0.29) is 17.5 Å². The molecule has 44 heavy (non-hydrogen) atoms. The third kappa shape index (κ3) is 4.99. The number of anilines is 6. The van der Waals surface area contributed by atoms with E-state index >= 15 is 0 Å². The van der Waals surface area contributed by atoms with Crippen molar-refractivity contribution in [3.8, 4) is 0 Å². The molecule has 0 amide bonds. The lowest BCUT2D eigenvalue weighted by Gasteiger charge is -2.11. The Labute approximate surface area is 248 Å². The third-order valence-electron chi connectivity index (χ3n) is 7.98. The third-order valence-corrected chi connectivity index (χ3v) is 7.98. The number of hydrogen-bond acceptors (Lipinski definition) is 9. The molecule has 4 heterocycles. The molecule has 0 unspecified atom stereocenters. The number of halogens is 2. The fraction of sp³-hybridized carbons (Fsp3) is 0.200. The maximum atomic E-state index is 14.4. The first-order valence-corrected chi connectivity index (χ1v) is 14.2. The summed E-state index contributed by atoms with van der Waals surface area (Å²) in [5.41, 5.74) is 15.4. The van der Waals surface area contributed by atoms with Crippen molar-refractivity contribution in [1.29, 1.82) is 0 Å². The molecule has 4 aromatic heterocycles. The highest BCUT2D eigenvalue weighted by molar-refractivity contribution is 5.89. The Bertz CT molecular complexity index is 2040. The monoisotopic (exact) mass is 595 g/mol. The number of H-pyrrole nitrogens is 2. The highest BCUT2D eigenvalue weighted by Crippen LogP contribution is 2.33. The minimum absolute atomic E-state index is 0.106. The largest absolute Gasteiger partial charge is 0.384 e. The van der Waals surface area contributed by atoms with Crippen molar-refractivity contribution in [2.75, 3.05) is 21.8 Å². The number of rotatable bonds is 6. The lowest BCUT2D eigenvalue weighted by molar-refractivity contribution is 0.628. The van der Waals surface area contributed by atoms with Crippen LogP contribution in [0.4, 0.5) is 43.4 Å². The Morgan fingerprint density at radius 1 is 0.750 bits per heavy atom. The van der Waals surface area contributed by atoms with Crippen LogP contribution in [-0.4, -0.2) is 30.4 Å². The SMILES string of the molecule is Nc1[nH]nc2nc(Nc3cccc4c3CCC4)c(F)cc12.O=NNc1[nH]nc2nc(Nc3cccc4c3CCC4)c(F)cc12. The van der Waals surface area contributed by atoms with E-state index in [9.17, 15) is 13.7 Å². The van der Waals surface area contributed by atoms with Gasteiger partial charge in [-0.2, -0.15) is 10.2 Å². The first-order chi connectivity index (χ1) is 21.5. The van der Waals surface area contributed by atoms with E-state index in [2.05, 4.69) is 63.8 Å². The normalized spacial score (nSPS) is 13.3. The zero-order valence-electron chi connectivity index (χ0n) is 23.3. The lowest BCUT2D eigenvalue weighted by atomic mass is 10.1. The minimum atomic E-state index is -0.525. The van der Waals surface area contributed by atoms with E-state index in [1.807, 2.05) is 24.3 Å². The number of nitrogens with two attached hydrogens (primary N) is 1. The van der Waals surface area contributed by atoms with Gasteiger partial charge >= 0.3 is 0 Å². The van der Waals surface area contributed by atoms with Crippen molar-refractivity contribution in [2.45, 2.75) is 38.5 Å². The fourth-order valence-electron chi connectivity index (χ4n) is 5.89. The molecular formula is C30H27F2N11O. The van der Waals surface area contributed by atoms with Gasteiger partial charge in [0.2, 0.25) is 0 Å². The van der Waals surface area contributed by atoms with Crippen LogP contribution in [0.2, 0.25) is 0 Å². The second kappa shape index (κ2) is 11.2. The summed E-state index contributed by atoms with van der Waals surface area (Å²) in [6, 6.07) is 14.6. The maximum Gasteiger partial charge on any atom is 0.185 e. The molecule has 2 aliphatic rings. The standard InChI is InChI=1S/C15H13FN6O.C15H14FN5/c16-11-7-10-13(19-20-14(10)21-22-23)18-15(11)17-12-6-2-4-8-3-1-5-9(8)12;16-11-7-10-13(17)20-21-14(10)19-15(11)18-12-6-2-4-8-3-1-5-9(8)12/h2,4,6-7H,1,3,5H2,(H3,17,18,19,20,21,23);2,4,6-7H,1,3,5H2,(H4,17,18,19,20,21). The maximum absolute atomic E-state index is 14.4. The zero-order valence-corrected chi connectivity index (χ0v) is 23.3.